The van der Waals surface area contributed by atoms with Gasteiger partial charge in [-0.15, -0.1) is 0 Å². The lowest BCUT2D eigenvalue weighted by atomic mass is 10.1. The van der Waals surface area contributed by atoms with E-state index in [1.807, 2.05) is 66.9 Å². The van der Waals surface area contributed by atoms with Gasteiger partial charge in [0.05, 0.1) is 76.4 Å². The van der Waals surface area contributed by atoms with E-state index in [2.05, 4.69) is 215 Å². The third kappa shape index (κ3) is 7.51. The molecule has 0 aliphatic carbocycles. The zero-order valence-electron chi connectivity index (χ0n) is 50.7. The lowest BCUT2D eigenvalue weighted by Crippen LogP contribution is -1.99. The number of fused-ring (bicyclic) bond motifs is 18. The fraction of sp³-hybridized carbons (Fsp3) is 0. The fourth-order valence-electron chi connectivity index (χ4n) is 15.0. The fourth-order valence-corrected chi connectivity index (χ4v) is 15.0. The van der Waals surface area contributed by atoms with Crippen molar-refractivity contribution < 1.29 is 26.5 Å². The van der Waals surface area contributed by atoms with Crippen molar-refractivity contribution in [3.63, 3.8) is 0 Å². The Morgan fingerprint density at radius 1 is 0.219 bits per heavy atom. The third-order valence-corrected chi connectivity index (χ3v) is 19.1. The maximum absolute atomic E-state index is 6.15. The first-order valence-electron chi connectivity index (χ1n) is 31.7. The minimum atomic E-state index is 0.750. The molecule has 8 aromatic carbocycles. The lowest BCUT2D eigenvalue weighted by Gasteiger charge is -2.11. The van der Waals surface area contributed by atoms with E-state index in [-0.39, 0.29) is 0 Å². The van der Waals surface area contributed by atoms with Gasteiger partial charge in [0, 0.05) is 99.1 Å². The Labute approximate surface area is 542 Å². The molecule has 452 valence electrons. The summed E-state index contributed by atoms with van der Waals surface area (Å²) in [6.45, 7) is 0. The number of benzene rings is 8. The monoisotopic (exact) mass is 1240 g/mol. The molecule has 22 rings (SSSR count). The van der Waals surface area contributed by atoms with Crippen LogP contribution >= 0.6 is 0 Å². The normalized spacial score (nSPS) is 12.2. The van der Waals surface area contributed by atoms with Crippen LogP contribution in [0.5, 0.6) is 0 Å². The molecule has 0 atom stereocenters. The van der Waals surface area contributed by atoms with Gasteiger partial charge in [-0.2, -0.15) is 0 Å². The molecule has 0 spiro atoms. The molecule has 14 aromatic heterocycles. The predicted octanol–water partition coefficient (Wildman–Crippen LogP) is 21.6. The van der Waals surface area contributed by atoms with E-state index in [1.54, 1.807) is 37.6 Å². The molecule has 0 N–H and O–H groups in total. The summed E-state index contributed by atoms with van der Waals surface area (Å²) in [6.07, 6.45) is 12.4. The molecule has 0 bridgehead atoms. The summed E-state index contributed by atoms with van der Waals surface area (Å²) in [4.78, 5) is 9.97. The van der Waals surface area contributed by atoms with Gasteiger partial charge in [-0.05, 0) is 157 Å². The highest BCUT2D eigenvalue weighted by molar-refractivity contribution is 6.13. The van der Waals surface area contributed by atoms with Gasteiger partial charge < -0.3 is 26.5 Å². The van der Waals surface area contributed by atoms with E-state index in [4.69, 9.17) is 36.5 Å². The minimum Gasteiger partial charge on any atom is -0.447 e. The summed E-state index contributed by atoms with van der Waals surface area (Å²) in [7, 11) is 0. The van der Waals surface area contributed by atoms with Gasteiger partial charge in [-0.1, -0.05) is 103 Å². The molecule has 14 heterocycles. The number of hydrogen-bond donors (Lipinski definition) is 0. The van der Waals surface area contributed by atoms with Crippen LogP contribution in [0.4, 0.5) is 0 Å². The Hall–Kier alpha value is -13.5. The molecule has 14 heteroatoms. The summed E-state index contributed by atoms with van der Waals surface area (Å²) in [6, 6.07) is 86.0. The molecule has 0 saturated heterocycles. The van der Waals surface area contributed by atoms with Crippen molar-refractivity contribution in [3.8, 4) is 56.8 Å². The standard InChI is InChI=1S/2C41H24N4O3/c1-3-12-35-28(9-1)30-17-20-46-39(30)43(35)26-8-5-7-25(23-26)34-11-6-14-38(42-34)45-37-16-15-27(24-33(37)32-19-22-48-41(32)45)44-36-13-4-2-10-29(36)31-18-21-47-40(31)44;1-3-10-35-29(8-1)31-15-19-46-39(31)44(35)28-12-13-37-34(24-28)33-17-21-47-40(33)43(37)27-7-5-6-25(22-27)26-14-18-42-38(23-26)45-36-11-4-2-9-30(36)32-16-20-48-41(32)45/h2*1-24H. The molecule has 14 nitrogen and oxygen atoms in total. The van der Waals surface area contributed by atoms with E-state index >= 15 is 0 Å². The van der Waals surface area contributed by atoms with Crippen LogP contribution in [-0.4, -0.2) is 37.4 Å². The minimum absolute atomic E-state index is 0.750. The Balaban J connectivity index is 0.000000127. The number of hydrogen-bond acceptors (Lipinski definition) is 8. The molecular weight excluding hydrogens is 1190 g/mol. The molecule has 96 heavy (non-hydrogen) atoms. The van der Waals surface area contributed by atoms with Crippen molar-refractivity contribution in [2.75, 3.05) is 0 Å². The smallest absolute Gasteiger partial charge is 0.213 e. The molecule has 0 amide bonds. The van der Waals surface area contributed by atoms with Gasteiger partial charge >= 0.3 is 0 Å². The lowest BCUT2D eigenvalue weighted by molar-refractivity contribution is 0.594. The number of nitrogens with zero attached hydrogens (tertiary/aromatic N) is 8. The van der Waals surface area contributed by atoms with Crippen LogP contribution < -0.4 is 0 Å². The summed E-state index contributed by atoms with van der Waals surface area (Å²) < 4.78 is 49.1. The maximum atomic E-state index is 6.15. The highest BCUT2D eigenvalue weighted by atomic mass is 16.4. The summed E-state index contributed by atoms with van der Waals surface area (Å²) in [5.41, 5.74) is 19.3. The average Bonchev–Trinajstić information content (AvgIpc) is 1.61. The second-order valence-electron chi connectivity index (χ2n) is 24.2. The highest BCUT2D eigenvalue weighted by Crippen LogP contribution is 2.42. The molecule has 22 aromatic rings. The molecule has 0 fully saturated rings. The van der Waals surface area contributed by atoms with Gasteiger partial charge in [0.1, 0.15) is 11.6 Å². The Morgan fingerprint density at radius 3 is 1.03 bits per heavy atom. The Kier molecular flexibility index (Phi) is 10.9. The van der Waals surface area contributed by atoms with Gasteiger partial charge in [0.15, 0.2) is 0 Å². The highest BCUT2D eigenvalue weighted by Gasteiger charge is 2.24. The van der Waals surface area contributed by atoms with Gasteiger partial charge in [-0.25, -0.2) is 9.97 Å². The van der Waals surface area contributed by atoms with Crippen LogP contribution in [0.2, 0.25) is 0 Å². The number of para-hydroxylation sites is 4. The molecule has 0 unspecified atom stereocenters. The van der Waals surface area contributed by atoms with Crippen LogP contribution in [0.3, 0.4) is 0 Å². The molecule has 0 radical (unpaired) electrons. The Morgan fingerprint density at radius 2 is 0.562 bits per heavy atom. The largest absolute Gasteiger partial charge is 0.447 e. The van der Waals surface area contributed by atoms with E-state index in [0.717, 1.165) is 183 Å². The van der Waals surface area contributed by atoms with Crippen molar-refractivity contribution in [1.29, 1.82) is 0 Å². The van der Waals surface area contributed by atoms with Crippen molar-refractivity contribution in [3.05, 3.63) is 292 Å². The quantitative estimate of drug-likeness (QED) is 0.147. The van der Waals surface area contributed by atoms with Crippen LogP contribution in [0, 0.1) is 0 Å². The first kappa shape index (κ1) is 52.2. The van der Waals surface area contributed by atoms with Crippen molar-refractivity contribution in [2.24, 2.45) is 0 Å². The topological polar surface area (TPSA) is 134 Å². The molecule has 0 saturated carbocycles. The predicted molar refractivity (Wildman–Crippen MR) is 379 cm³/mol. The van der Waals surface area contributed by atoms with Gasteiger partial charge in [0.25, 0.3) is 0 Å². The first-order valence-corrected chi connectivity index (χ1v) is 31.7. The van der Waals surface area contributed by atoms with Crippen LogP contribution in [0.1, 0.15) is 0 Å². The van der Waals surface area contributed by atoms with Crippen molar-refractivity contribution >= 4 is 132 Å². The number of aromatic nitrogens is 8. The number of rotatable bonds is 8. The SMILES string of the molecule is c1cc(-c2cccc(-n3c4ccc(-n5c6ccccc6c6ccoc65)cc4c4ccoc43)n2)cc(-n2c3ccccc3c3ccoc32)c1.c1cc(-c2ccnc(-n3c4ccccc4c4ccoc43)c2)cc(-n2c3ccc(-n4c5ccccc5c5ccoc54)cc3c3ccoc32)c1. The Bertz CT molecular complexity index is 6480. The van der Waals surface area contributed by atoms with E-state index in [0.29, 0.717) is 0 Å². The third-order valence-electron chi connectivity index (χ3n) is 19.1. The molecular formula is C82H48N8O6. The van der Waals surface area contributed by atoms with Crippen LogP contribution in [0.25, 0.3) is 189 Å². The second kappa shape index (κ2) is 20.0. The van der Waals surface area contributed by atoms with Gasteiger partial charge in [-0.3, -0.25) is 27.4 Å². The summed E-state index contributed by atoms with van der Waals surface area (Å²) >= 11 is 0. The zero-order chi connectivity index (χ0) is 62.7. The van der Waals surface area contributed by atoms with E-state index in [1.165, 1.54) is 5.39 Å². The zero-order valence-corrected chi connectivity index (χ0v) is 50.7. The summed E-state index contributed by atoms with van der Waals surface area (Å²) in [5, 5.41) is 13.3. The number of pyridine rings is 2. The molecule has 0 aliphatic rings. The van der Waals surface area contributed by atoms with Crippen molar-refractivity contribution in [1.82, 2.24) is 37.4 Å². The van der Waals surface area contributed by atoms with E-state index in [9.17, 15) is 0 Å². The van der Waals surface area contributed by atoms with Gasteiger partial charge in [0.2, 0.25) is 34.3 Å². The average molecular weight is 1240 g/mol. The first-order chi connectivity index (χ1) is 47.6. The maximum Gasteiger partial charge on any atom is 0.213 e. The van der Waals surface area contributed by atoms with Crippen LogP contribution in [-0.2, 0) is 0 Å². The number of furan rings is 6. The van der Waals surface area contributed by atoms with E-state index < -0.39 is 0 Å². The molecule has 0 aliphatic heterocycles. The second-order valence-corrected chi connectivity index (χ2v) is 24.2. The van der Waals surface area contributed by atoms with Crippen molar-refractivity contribution in [2.45, 2.75) is 0 Å². The summed E-state index contributed by atoms with van der Waals surface area (Å²) in [5.74, 6) is 1.58. The van der Waals surface area contributed by atoms with Crippen LogP contribution in [0.15, 0.2) is 319 Å².